The van der Waals surface area contributed by atoms with Crippen LogP contribution in [0.1, 0.15) is 12.8 Å². The van der Waals surface area contributed by atoms with Crippen LogP contribution in [0.3, 0.4) is 0 Å². The quantitative estimate of drug-likeness (QED) is 0.787. The lowest BCUT2D eigenvalue weighted by Crippen LogP contribution is -2.26. The van der Waals surface area contributed by atoms with Gasteiger partial charge in [-0.25, -0.2) is 4.79 Å². The molecule has 2 amide bonds. The highest BCUT2D eigenvalue weighted by molar-refractivity contribution is 5.91. The zero-order valence-corrected chi connectivity index (χ0v) is 10.6. The van der Waals surface area contributed by atoms with Crippen LogP contribution in [-0.2, 0) is 9.53 Å². The molecule has 1 aromatic carbocycles. The molecule has 0 bridgehead atoms. The lowest BCUT2D eigenvalue weighted by molar-refractivity contribution is -0.116. The second-order valence-electron chi connectivity index (χ2n) is 4.38. The van der Waals surface area contributed by atoms with E-state index in [1.807, 2.05) is 0 Å². The molecule has 6 heteroatoms. The van der Waals surface area contributed by atoms with Crippen LogP contribution >= 0.6 is 0 Å². The molecule has 2 rings (SSSR count). The van der Waals surface area contributed by atoms with E-state index >= 15 is 0 Å². The number of rotatable bonds is 5. The molecule has 19 heavy (non-hydrogen) atoms. The Kier molecular flexibility index (Phi) is 4.22. The van der Waals surface area contributed by atoms with Gasteiger partial charge in [0.25, 0.3) is 0 Å². The van der Waals surface area contributed by atoms with E-state index < -0.39 is 0 Å². The molecule has 1 aromatic rings. The lowest BCUT2D eigenvalue weighted by atomic mass is 10.2. The van der Waals surface area contributed by atoms with Gasteiger partial charge in [-0.05, 0) is 24.6 Å². The van der Waals surface area contributed by atoms with Gasteiger partial charge in [-0.15, -0.1) is 0 Å². The monoisotopic (exact) mass is 263 g/mol. The molecular formula is C13H17N3O3. The molecule has 1 aliphatic rings. The summed E-state index contributed by atoms with van der Waals surface area (Å²) in [5.74, 6) is -0.0850. The Bertz CT molecular complexity index is 476. The molecule has 6 nitrogen and oxygen atoms in total. The first-order chi connectivity index (χ1) is 9.15. The Labute approximate surface area is 111 Å². The van der Waals surface area contributed by atoms with E-state index in [2.05, 4.69) is 5.32 Å². The van der Waals surface area contributed by atoms with Gasteiger partial charge in [-0.1, -0.05) is 6.07 Å². The third kappa shape index (κ3) is 3.87. The van der Waals surface area contributed by atoms with Gasteiger partial charge in [0.1, 0.15) is 6.61 Å². The van der Waals surface area contributed by atoms with Crippen molar-refractivity contribution in [2.24, 2.45) is 0 Å². The third-order valence-electron chi connectivity index (χ3n) is 2.85. The number of hydrogen-bond donors (Lipinski definition) is 2. The summed E-state index contributed by atoms with van der Waals surface area (Å²) >= 11 is 0. The van der Waals surface area contributed by atoms with Crippen LogP contribution in [-0.4, -0.2) is 36.6 Å². The molecular weight excluding hydrogens is 246 g/mol. The van der Waals surface area contributed by atoms with Crippen molar-refractivity contribution < 1.29 is 14.3 Å². The third-order valence-corrected chi connectivity index (χ3v) is 2.85. The number of amides is 2. The Hall–Kier alpha value is -2.24. The lowest BCUT2D eigenvalue weighted by Gasteiger charge is -2.12. The van der Waals surface area contributed by atoms with Gasteiger partial charge < -0.3 is 20.7 Å². The van der Waals surface area contributed by atoms with Gasteiger partial charge in [0.2, 0.25) is 5.91 Å². The number of nitrogen functional groups attached to an aromatic ring is 1. The van der Waals surface area contributed by atoms with Crippen LogP contribution in [0.4, 0.5) is 16.2 Å². The molecule has 0 radical (unpaired) electrons. The van der Waals surface area contributed by atoms with Crippen LogP contribution < -0.4 is 11.1 Å². The molecule has 1 fully saturated rings. The zero-order valence-electron chi connectivity index (χ0n) is 10.6. The summed E-state index contributed by atoms with van der Waals surface area (Å²) in [6.45, 7) is 1.59. The van der Waals surface area contributed by atoms with Gasteiger partial charge in [-0.2, -0.15) is 0 Å². The zero-order chi connectivity index (χ0) is 13.7. The number of nitrogens with one attached hydrogen (secondary N) is 1. The van der Waals surface area contributed by atoms with Crippen LogP contribution in [0.2, 0.25) is 0 Å². The largest absolute Gasteiger partial charge is 0.448 e. The molecule has 0 saturated carbocycles. The molecule has 0 aliphatic carbocycles. The van der Waals surface area contributed by atoms with Crippen molar-refractivity contribution in [3.8, 4) is 0 Å². The minimum absolute atomic E-state index is 0.0850. The first-order valence-electron chi connectivity index (χ1n) is 6.22. The first kappa shape index (κ1) is 13.2. The Morgan fingerprint density at radius 2 is 2.32 bits per heavy atom. The molecule has 0 unspecified atom stereocenters. The highest BCUT2D eigenvalue weighted by Gasteiger charge is 2.21. The summed E-state index contributed by atoms with van der Waals surface area (Å²) < 4.78 is 4.80. The number of nitrogens with zero attached hydrogens (tertiary/aromatic N) is 1. The van der Waals surface area contributed by atoms with E-state index in [0.29, 0.717) is 43.9 Å². The van der Waals surface area contributed by atoms with Crippen molar-refractivity contribution in [1.82, 2.24) is 4.90 Å². The maximum atomic E-state index is 11.7. The molecule has 1 saturated heterocycles. The normalized spacial score (nSPS) is 14.3. The van der Waals surface area contributed by atoms with Gasteiger partial charge >= 0.3 is 6.09 Å². The summed E-state index contributed by atoms with van der Waals surface area (Å²) in [5, 5.41) is 2.77. The molecule has 1 heterocycles. The van der Waals surface area contributed by atoms with Gasteiger partial charge in [0.15, 0.2) is 0 Å². The fraction of sp³-hybridized carbons (Fsp3) is 0.385. The van der Waals surface area contributed by atoms with Crippen molar-refractivity contribution in [1.29, 1.82) is 0 Å². The van der Waals surface area contributed by atoms with E-state index in [0.717, 1.165) is 0 Å². The fourth-order valence-corrected chi connectivity index (χ4v) is 1.90. The van der Waals surface area contributed by atoms with Crippen LogP contribution in [0.25, 0.3) is 0 Å². The summed E-state index contributed by atoms with van der Waals surface area (Å²) in [5.41, 5.74) is 6.92. The SMILES string of the molecule is Nc1cccc(NC(=O)CCCN2CCOC2=O)c1. The maximum absolute atomic E-state index is 11.7. The van der Waals surface area contributed by atoms with Crippen molar-refractivity contribution in [2.45, 2.75) is 12.8 Å². The summed E-state index contributed by atoms with van der Waals surface area (Å²) in [6, 6.07) is 7.03. The molecule has 0 aromatic heterocycles. The number of carbonyl (C=O) groups is 2. The highest BCUT2D eigenvalue weighted by atomic mass is 16.6. The van der Waals surface area contributed by atoms with Gasteiger partial charge in [-0.3, -0.25) is 4.79 Å². The highest BCUT2D eigenvalue weighted by Crippen LogP contribution is 2.12. The van der Waals surface area contributed by atoms with Crippen molar-refractivity contribution in [2.75, 3.05) is 30.7 Å². The number of carbonyl (C=O) groups excluding carboxylic acids is 2. The number of anilines is 2. The molecule has 0 atom stereocenters. The predicted molar refractivity (Wildman–Crippen MR) is 71.6 cm³/mol. The first-order valence-corrected chi connectivity index (χ1v) is 6.22. The number of cyclic esters (lactones) is 1. The van der Waals surface area contributed by atoms with E-state index in [9.17, 15) is 9.59 Å². The number of ether oxygens (including phenoxy) is 1. The van der Waals surface area contributed by atoms with Crippen molar-refractivity contribution in [3.05, 3.63) is 24.3 Å². The maximum Gasteiger partial charge on any atom is 0.409 e. The topological polar surface area (TPSA) is 84.7 Å². The predicted octanol–water partition coefficient (Wildman–Crippen LogP) is 1.44. The van der Waals surface area contributed by atoms with E-state index in [4.69, 9.17) is 10.5 Å². The van der Waals surface area contributed by atoms with Crippen molar-refractivity contribution >= 4 is 23.4 Å². The van der Waals surface area contributed by atoms with Crippen LogP contribution in [0, 0.1) is 0 Å². The number of nitrogens with two attached hydrogens (primary N) is 1. The van der Waals surface area contributed by atoms with Crippen LogP contribution in [0.5, 0.6) is 0 Å². The summed E-state index contributed by atoms with van der Waals surface area (Å²) in [6.07, 6.45) is 0.679. The minimum Gasteiger partial charge on any atom is -0.448 e. The number of benzene rings is 1. The summed E-state index contributed by atoms with van der Waals surface area (Å²) in [7, 11) is 0. The average molecular weight is 263 g/mol. The molecule has 0 spiro atoms. The van der Waals surface area contributed by atoms with E-state index in [1.54, 1.807) is 29.2 Å². The molecule has 102 valence electrons. The average Bonchev–Trinajstić information content (AvgIpc) is 2.75. The Balaban J connectivity index is 1.71. The summed E-state index contributed by atoms with van der Waals surface area (Å²) in [4.78, 5) is 24.5. The van der Waals surface area contributed by atoms with Crippen molar-refractivity contribution in [3.63, 3.8) is 0 Å². The van der Waals surface area contributed by atoms with Gasteiger partial charge in [0, 0.05) is 24.3 Å². The minimum atomic E-state index is -0.295. The Morgan fingerprint density at radius 3 is 3.00 bits per heavy atom. The fourth-order valence-electron chi connectivity index (χ4n) is 1.90. The van der Waals surface area contributed by atoms with Crippen LogP contribution in [0.15, 0.2) is 24.3 Å². The smallest absolute Gasteiger partial charge is 0.409 e. The van der Waals surface area contributed by atoms with Gasteiger partial charge in [0.05, 0.1) is 6.54 Å². The molecule has 1 aliphatic heterocycles. The second kappa shape index (κ2) is 6.08. The standard InChI is InChI=1S/C13H17N3O3/c14-10-3-1-4-11(9-10)15-12(17)5-2-6-16-7-8-19-13(16)18/h1,3-4,9H,2,5-8,14H2,(H,15,17). The van der Waals surface area contributed by atoms with E-state index in [1.165, 1.54) is 0 Å². The molecule has 3 N–H and O–H groups in total. The number of hydrogen-bond acceptors (Lipinski definition) is 4. The van der Waals surface area contributed by atoms with E-state index in [-0.39, 0.29) is 12.0 Å². The second-order valence-corrected chi connectivity index (χ2v) is 4.38. The Morgan fingerprint density at radius 1 is 1.47 bits per heavy atom.